The monoisotopic (exact) mass is 455 g/mol. The van der Waals surface area contributed by atoms with Gasteiger partial charge in [0.05, 0.1) is 24.3 Å². The second-order valence-corrected chi connectivity index (χ2v) is 9.82. The van der Waals surface area contributed by atoms with Crippen LogP contribution in [0.2, 0.25) is 0 Å². The number of pyridine rings is 2. The molecule has 3 aromatic rings. The number of aromatic nitrogens is 4. The van der Waals surface area contributed by atoms with Gasteiger partial charge in [0.25, 0.3) is 0 Å². The molecule has 0 unspecified atom stereocenters. The summed E-state index contributed by atoms with van der Waals surface area (Å²) >= 11 is 0. The van der Waals surface area contributed by atoms with Gasteiger partial charge in [-0.1, -0.05) is 0 Å². The van der Waals surface area contributed by atoms with Crippen molar-refractivity contribution in [2.75, 3.05) is 24.6 Å². The molecule has 4 fully saturated rings. The fourth-order valence-corrected chi connectivity index (χ4v) is 5.78. The van der Waals surface area contributed by atoms with Crippen LogP contribution in [-0.2, 0) is 10.2 Å². The van der Waals surface area contributed by atoms with Crippen molar-refractivity contribution in [1.82, 2.24) is 19.9 Å². The highest BCUT2D eigenvalue weighted by Gasteiger charge is 2.79. The summed E-state index contributed by atoms with van der Waals surface area (Å²) in [4.78, 5) is 20.5. The SMILES string of the molecule is Cc1cc([C@H]2CN(c3nc(C45CC(C(F)(F)F)(C4)C5)c4ccc(C)nc4n3)CCO2)ccn1. The van der Waals surface area contributed by atoms with Crippen molar-refractivity contribution in [3.8, 4) is 0 Å². The van der Waals surface area contributed by atoms with Crippen LogP contribution in [0.15, 0.2) is 30.5 Å². The van der Waals surface area contributed by atoms with Crippen molar-refractivity contribution >= 4 is 17.0 Å². The summed E-state index contributed by atoms with van der Waals surface area (Å²) in [6.45, 7) is 5.49. The van der Waals surface area contributed by atoms with Crippen molar-refractivity contribution in [2.24, 2.45) is 5.41 Å². The van der Waals surface area contributed by atoms with Gasteiger partial charge in [0.15, 0.2) is 5.65 Å². The van der Waals surface area contributed by atoms with Gasteiger partial charge in [0.2, 0.25) is 5.95 Å². The Labute approximate surface area is 189 Å². The molecule has 1 saturated heterocycles. The first-order chi connectivity index (χ1) is 15.7. The molecule has 9 heteroatoms. The number of nitrogens with zero attached hydrogens (tertiary/aromatic N) is 5. The van der Waals surface area contributed by atoms with Crippen molar-refractivity contribution in [2.45, 2.75) is 50.8 Å². The maximum Gasteiger partial charge on any atom is 0.394 e. The number of alkyl halides is 3. The van der Waals surface area contributed by atoms with Gasteiger partial charge < -0.3 is 9.64 Å². The number of hydrogen-bond acceptors (Lipinski definition) is 6. The van der Waals surface area contributed by atoms with Crippen molar-refractivity contribution in [3.63, 3.8) is 0 Å². The fraction of sp³-hybridized carbons (Fsp3) is 0.500. The predicted octanol–water partition coefficient (Wildman–Crippen LogP) is 4.60. The molecular formula is C24H24F3N5O. The zero-order valence-electron chi connectivity index (χ0n) is 18.5. The molecule has 0 aromatic carbocycles. The first-order valence-electron chi connectivity index (χ1n) is 11.2. The summed E-state index contributed by atoms with van der Waals surface area (Å²) in [6, 6.07) is 7.72. The van der Waals surface area contributed by atoms with Gasteiger partial charge in [-0.15, -0.1) is 0 Å². The van der Waals surface area contributed by atoms with Crippen LogP contribution in [0.25, 0.3) is 11.0 Å². The maximum absolute atomic E-state index is 13.5. The summed E-state index contributed by atoms with van der Waals surface area (Å²) in [5.74, 6) is 0.514. The average Bonchev–Trinajstić information content (AvgIpc) is 2.70. The van der Waals surface area contributed by atoms with Crippen LogP contribution in [0.1, 0.15) is 48.0 Å². The number of aryl methyl sites for hydroxylation is 2. The van der Waals surface area contributed by atoms with E-state index < -0.39 is 17.0 Å². The first-order valence-corrected chi connectivity index (χ1v) is 11.2. The molecule has 1 aliphatic heterocycles. The summed E-state index contributed by atoms with van der Waals surface area (Å²) in [5.41, 5.74) is 1.96. The molecule has 33 heavy (non-hydrogen) atoms. The van der Waals surface area contributed by atoms with Gasteiger partial charge in [0.1, 0.15) is 6.10 Å². The predicted molar refractivity (Wildman–Crippen MR) is 116 cm³/mol. The number of ether oxygens (including phenoxy) is 1. The minimum Gasteiger partial charge on any atom is -0.370 e. The number of halogens is 3. The smallest absolute Gasteiger partial charge is 0.370 e. The Bertz CT molecular complexity index is 1240. The van der Waals surface area contributed by atoms with Gasteiger partial charge in [0, 0.05) is 34.9 Å². The largest absolute Gasteiger partial charge is 0.394 e. The van der Waals surface area contributed by atoms with E-state index in [4.69, 9.17) is 14.7 Å². The molecule has 6 nitrogen and oxygen atoms in total. The minimum absolute atomic E-state index is 0.102. The van der Waals surface area contributed by atoms with E-state index >= 15 is 0 Å². The molecule has 1 atom stereocenters. The summed E-state index contributed by atoms with van der Waals surface area (Å²) in [5, 5.41) is 0.759. The number of fused-ring (bicyclic) bond motifs is 1. The van der Waals surface area contributed by atoms with Crippen LogP contribution in [0.5, 0.6) is 0 Å². The van der Waals surface area contributed by atoms with Gasteiger partial charge in [-0.2, -0.15) is 18.2 Å². The molecule has 3 saturated carbocycles. The quantitative estimate of drug-likeness (QED) is 0.575. The van der Waals surface area contributed by atoms with Crippen LogP contribution in [0, 0.1) is 19.3 Å². The second kappa shape index (κ2) is 6.85. The lowest BCUT2D eigenvalue weighted by atomic mass is 9.33. The lowest BCUT2D eigenvalue weighted by Crippen LogP contribution is -2.70. The van der Waals surface area contributed by atoms with E-state index in [1.807, 2.05) is 38.1 Å². The first kappa shape index (κ1) is 20.8. The molecular weight excluding hydrogens is 431 g/mol. The van der Waals surface area contributed by atoms with Crippen LogP contribution < -0.4 is 4.90 Å². The molecule has 4 heterocycles. The van der Waals surface area contributed by atoms with Crippen LogP contribution in [0.4, 0.5) is 19.1 Å². The topological polar surface area (TPSA) is 64.0 Å². The Balaban J connectivity index is 1.37. The number of morpholine rings is 1. The molecule has 3 aliphatic carbocycles. The summed E-state index contributed by atoms with van der Waals surface area (Å²) < 4.78 is 46.5. The lowest BCUT2D eigenvalue weighted by molar-refractivity contribution is -0.337. The fourth-order valence-electron chi connectivity index (χ4n) is 5.78. The van der Waals surface area contributed by atoms with Crippen molar-refractivity contribution < 1.29 is 17.9 Å². The van der Waals surface area contributed by atoms with Crippen LogP contribution in [0.3, 0.4) is 0 Å². The third-order valence-electron chi connectivity index (χ3n) is 7.46. The molecule has 172 valence electrons. The number of hydrogen-bond donors (Lipinski definition) is 0. The van der Waals surface area contributed by atoms with Crippen LogP contribution >= 0.6 is 0 Å². The van der Waals surface area contributed by atoms with Gasteiger partial charge >= 0.3 is 6.18 Å². The lowest BCUT2D eigenvalue weighted by Gasteiger charge is -2.70. The van der Waals surface area contributed by atoms with E-state index in [-0.39, 0.29) is 25.4 Å². The highest BCUT2D eigenvalue weighted by Crippen LogP contribution is 2.78. The molecule has 0 radical (unpaired) electrons. The third kappa shape index (κ3) is 3.12. The second-order valence-electron chi connectivity index (χ2n) is 9.82. The normalized spacial score (nSPS) is 29.0. The Morgan fingerprint density at radius 2 is 1.82 bits per heavy atom. The zero-order chi connectivity index (χ0) is 23.0. The minimum atomic E-state index is -4.16. The molecule has 7 rings (SSSR count). The van der Waals surface area contributed by atoms with E-state index in [0.29, 0.717) is 37.0 Å². The Hall–Kier alpha value is -2.81. The number of rotatable bonds is 3. The van der Waals surface area contributed by atoms with Crippen molar-refractivity contribution in [3.05, 3.63) is 53.1 Å². The Morgan fingerprint density at radius 3 is 2.55 bits per heavy atom. The molecule has 0 N–H and O–H groups in total. The average molecular weight is 455 g/mol. The van der Waals surface area contributed by atoms with Gasteiger partial charge in [-0.05, 0) is 62.9 Å². The van der Waals surface area contributed by atoms with Gasteiger partial charge in [-0.25, -0.2) is 9.97 Å². The standard InChI is InChI=1S/C24H24F3N5O/c1-14-3-4-17-19(22-11-23(12-22,13-22)24(25,26)27)30-21(31-20(17)29-14)32-7-8-33-18(10-32)16-5-6-28-15(2)9-16/h3-6,9,18H,7-8,10-13H2,1-2H3/t18-,22?,23?/m1/s1. The van der Waals surface area contributed by atoms with Crippen molar-refractivity contribution in [1.29, 1.82) is 0 Å². The van der Waals surface area contributed by atoms with E-state index in [9.17, 15) is 13.2 Å². The zero-order valence-corrected chi connectivity index (χ0v) is 18.5. The summed E-state index contributed by atoms with van der Waals surface area (Å²) in [7, 11) is 0. The molecule has 2 bridgehead atoms. The highest BCUT2D eigenvalue weighted by atomic mass is 19.4. The Kier molecular flexibility index (Phi) is 4.31. The molecule has 3 aromatic heterocycles. The van der Waals surface area contributed by atoms with Crippen LogP contribution in [-0.4, -0.2) is 45.8 Å². The van der Waals surface area contributed by atoms with E-state index in [2.05, 4.69) is 14.9 Å². The molecule has 0 spiro atoms. The molecule has 0 amide bonds. The maximum atomic E-state index is 13.5. The summed E-state index contributed by atoms with van der Waals surface area (Å²) in [6.07, 6.45) is -2.24. The highest BCUT2D eigenvalue weighted by molar-refractivity contribution is 5.81. The number of anilines is 1. The Morgan fingerprint density at radius 1 is 1.03 bits per heavy atom. The third-order valence-corrected chi connectivity index (χ3v) is 7.46. The van der Waals surface area contributed by atoms with E-state index in [0.717, 1.165) is 22.3 Å². The van der Waals surface area contributed by atoms with Gasteiger partial charge in [-0.3, -0.25) is 4.98 Å². The molecule has 4 aliphatic rings. The van der Waals surface area contributed by atoms with E-state index in [1.165, 1.54) is 0 Å². The van der Waals surface area contributed by atoms with E-state index in [1.54, 1.807) is 6.20 Å².